The zero-order valence-electron chi connectivity index (χ0n) is 13.7. The van der Waals surface area contributed by atoms with Crippen molar-refractivity contribution in [1.29, 1.82) is 0 Å². The van der Waals surface area contributed by atoms with Crippen molar-refractivity contribution in [1.82, 2.24) is 10.3 Å². The number of imide groups is 1. The second kappa shape index (κ2) is 6.71. The monoisotopic (exact) mass is 406 g/mol. The summed E-state index contributed by atoms with van der Waals surface area (Å²) in [6.45, 7) is 0. The van der Waals surface area contributed by atoms with Gasteiger partial charge in [-0.25, -0.2) is 0 Å². The largest absolute Gasteiger partial charge is 0.573 e. The van der Waals surface area contributed by atoms with Crippen molar-refractivity contribution >= 4 is 40.0 Å². The average Bonchev–Trinajstić information content (AvgIpc) is 3.16. The zero-order chi connectivity index (χ0) is 19.9. The lowest BCUT2D eigenvalue weighted by Gasteiger charge is -2.09. The fourth-order valence-electron chi connectivity index (χ4n) is 2.65. The summed E-state index contributed by atoms with van der Waals surface area (Å²) >= 11 is 0.765. The lowest BCUT2D eigenvalue weighted by Crippen LogP contribution is -2.17. The molecule has 0 unspecified atom stereocenters. The number of amides is 2. The highest BCUT2D eigenvalue weighted by Gasteiger charge is 2.31. The summed E-state index contributed by atoms with van der Waals surface area (Å²) in [5.41, 5.74) is 1.57. The number of pyridine rings is 1. The maximum absolute atomic E-state index is 12.3. The Balaban J connectivity index is 1.69. The molecule has 1 saturated heterocycles. The molecule has 0 bridgehead atoms. The number of hydrogen-bond acceptors (Lipinski definition) is 6. The van der Waals surface area contributed by atoms with Crippen molar-refractivity contribution in [2.75, 3.05) is 0 Å². The van der Waals surface area contributed by atoms with Crippen LogP contribution < -0.4 is 10.1 Å². The highest BCUT2D eigenvalue weighted by molar-refractivity contribution is 8.18. The van der Waals surface area contributed by atoms with E-state index in [4.69, 9.17) is 4.42 Å². The molecule has 28 heavy (non-hydrogen) atoms. The predicted molar refractivity (Wildman–Crippen MR) is 95.2 cm³/mol. The van der Waals surface area contributed by atoms with Crippen LogP contribution in [0.3, 0.4) is 0 Å². The first kappa shape index (κ1) is 18.1. The van der Waals surface area contributed by atoms with Crippen molar-refractivity contribution < 1.29 is 31.9 Å². The Bertz CT molecular complexity index is 1120. The quantitative estimate of drug-likeness (QED) is 0.634. The Labute approximate surface area is 159 Å². The van der Waals surface area contributed by atoms with Gasteiger partial charge in [0.1, 0.15) is 17.1 Å². The summed E-state index contributed by atoms with van der Waals surface area (Å²) in [7, 11) is 0. The Morgan fingerprint density at radius 3 is 2.54 bits per heavy atom. The second-order valence-electron chi connectivity index (χ2n) is 5.68. The van der Waals surface area contributed by atoms with Gasteiger partial charge in [-0.1, -0.05) is 12.1 Å². The summed E-state index contributed by atoms with van der Waals surface area (Å²) < 4.78 is 46.5. The number of furan rings is 1. The first-order valence-electron chi connectivity index (χ1n) is 7.77. The molecule has 4 rings (SSSR count). The molecule has 6 nitrogen and oxygen atoms in total. The standard InChI is InChI=1S/C18H9F3N2O4S/c19-18(20,21)27-11-3-1-9(2-4-11)13-8-22-7-10-5-12(26-15(10)13)6-14-16(24)23-17(25)28-14/h1-8H,(H,23,24,25)/b14-6-. The number of halogens is 3. The Hall–Kier alpha value is -3.27. The lowest BCUT2D eigenvalue weighted by molar-refractivity contribution is -0.274. The Morgan fingerprint density at radius 2 is 1.89 bits per heavy atom. The normalized spacial score (nSPS) is 16.0. The van der Waals surface area contributed by atoms with E-state index in [1.54, 1.807) is 12.3 Å². The number of alkyl halides is 3. The average molecular weight is 406 g/mol. The number of aromatic nitrogens is 1. The van der Waals surface area contributed by atoms with Crippen LogP contribution in [-0.2, 0) is 4.79 Å². The Morgan fingerprint density at radius 1 is 1.14 bits per heavy atom. The van der Waals surface area contributed by atoms with E-state index in [0.29, 0.717) is 27.9 Å². The fourth-order valence-corrected chi connectivity index (χ4v) is 3.31. The highest BCUT2D eigenvalue weighted by atomic mass is 32.2. The number of ether oxygens (including phenoxy) is 1. The van der Waals surface area contributed by atoms with E-state index in [2.05, 4.69) is 15.0 Å². The van der Waals surface area contributed by atoms with Crippen molar-refractivity contribution in [3.63, 3.8) is 0 Å². The molecule has 1 fully saturated rings. The first-order valence-corrected chi connectivity index (χ1v) is 8.59. The summed E-state index contributed by atoms with van der Waals surface area (Å²) in [6, 6.07) is 6.95. The van der Waals surface area contributed by atoms with Crippen molar-refractivity contribution in [3.05, 3.63) is 53.4 Å². The molecule has 142 valence electrons. The molecule has 0 aliphatic carbocycles. The molecule has 1 aliphatic rings. The summed E-state index contributed by atoms with van der Waals surface area (Å²) in [5, 5.41) is 2.32. The number of thioether (sulfide) groups is 1. The van der Waals surface area contributed by atoms with Gasteiger partial charge in [0.2, 0.25) is 0 Å². The number of benzene rings is 1. The number of carbonyl (C=O) groups is 2. The van der Waals surface area contributed by atoms with Gasteiger partial charge in [0, 0.05) is 29.4 Å². The molecule has 3 heterocycles. The van der Waals surface area contributed by atoms with Crippen LogP contribution in [0.15, 0.2) is 52.0 Å². The van der Waals surface area contributed by atoms with Crippen LogP contribution in [0, 0.1) is 0 Å². The number of rotatable bonds is 3. The molecular formula is C18H9F3N2O4S. The van der Waals surface area contributed by atoms with Gasteiger partial charge in [-0.15, -0.1) is 13.2 Å². The van der Waals surface area contributed by atoms with E-state index in [1.165, 1.54) is 36.5 Å². The van der Waals surface area contributed by atoms with Gasteiger partial charge < -0.3 is 9.15 Å². The smallest absolute Gasteiger partial charge is 0.456 e. The third kappa shape index (κ3) is 3.72. The molecule has 1 aromatic carbocycles. The van der Waals surface area contributed by atoms with E-state index in [9.17, 15) is 22.8 Å². The first-order chi connectivity index (χ1) is 13.3. The van der Waals surface area contributed by atoms with E-state index in [0.717, 1.165) is 11.8 Å². The molecule has 0 saturated carbocycles. The van der Waals surface area contributed by atoms with Gasteiger partial charge in [0.15, 0.2) is 0 Å². The molecular weight excluding hydrogens is 397 g/mol. The third-order valence-corrected chi connectivity index (χ3v) is 4.57. The number of hydrogen-bond donors (Lipinski definition) is 1. The van der Waals surface area contributed by atoms with E-state index in [-0.39, 0.29) is 10.7 Å². The summed E-state index contributed by atoms with van der Waals surface area (Å²) in [4.78, 5) is 27.2. The van der Waals surface area contributed by atoms with Crippen LogP contribution in [-0.4, -0.2) is 22.5 Å². The Kier molecular flexibility index (Phi) is 4.34. The zero-order valence-corrected chi connectivity index (χ0v) is 14.6. The molecule has 0 spiro atoms. The molecule has 3 aromatic rings. The van der Waals surface area contributed by atoms with E-state index >= 15 is 0 Å². The molecule has 0 radical (unpaired) electrons. The minimum atomic E-state index is -4.77. The molecule has 1 N–H and O–H groups in total. The number of carbonyl (C=O) groups excluding carboxylic acids is 2. The molecule has 2 amide bonds. The van der Waals surface area contributed by atoms with Crippen LogP contribution in [0.1, 0.15) is 5.76 Å². The number of nitrogens with one attached hydrogen (secondary N) is 1. The van der Waals surface area contributed by atoms with Gasteiger partial charge in [0.05, 0.1) is 4.91 Å². The maximum atomic E-state index is 12.3. The van der Waals surface area contributed by atoms with Crippen LogP contribution in [0.5, 0.6) is 5.75 Å². The summed E-state index contributed by atoms with van der Waals surface area (Å²) in [5.74, 6) is -0.502. The third-order valence-electron chi connectivity index (χ3n) is 3.76. The topological polar surface area (TPSA) is 81.4 Å². The van der Waals surface area contributed by atoms with E-state index in [1.807, 2.05) is 0 Å². The van der Waals surface area contributed by atoms with E-state index < -0.39 is 17.5 Å². The predicted octanol–water partition coefficient (Wildman–Crippen LogP) is 4.72. The minimum Gasteiger partial charge on any atom is -0.456 e. The van der Waals surface area contributed by atoms with Gasteiger partial charge in [-0.05, 0) is 35.5 Å². The lowest BCUT2D eigenvalue weighted by atomic mass is 10.1. The highest BCUT2D eigenvalue weighted by Crippen LogP contribution is 2.34. The molecule has 10 heteroatoms. The number of fused-ring (bicyclic) bond motifs is 1. The summed E-state index contributed by atoms with van der Waals surface area (Å²) in [6.07, 6.45) is -0.255. The van der Waals surface area contributed by atoms with Crippen molar-refractivity contribution in [2.45, 2.75) is 6.36 Å². The minimum absolute atomic E-state index is 0.201. The van der Waals surface area contributed by atoms with Gasteiger partial charge >= 0.3 is 6.36 Å². The van der Waals surface area contributed by atoms with Crippen LogP contribution in [0.2, 0.25) is 0 Å². The van der Waals surface area contributed by atoms with Crippen molar-refractivity contribution in [3.8, 4) is 16.9 Å². The second-order valence-corrected chi connectivity index (χ2v) is 6.69. The number of nitrogens with zero attached hydrogens (tertiary/aromatic N) is 1. The van der Waals surface area contributed by atoms with Gasteiger partial charge in [-0.3, -0.25) is 19.9 Å². The van der Waals surface area contributed by atoms with Crippen LogP contribution in [0.25, 0.3) is 28.2 Å². The SMILES string of the molecule is O=C1NC(=O)/C(=C/c2cc3cncc(-c4ccc(OC(F)(F)F)cc4)c3o2)S1. The maximum Gasteiger partial charge on any atom is 0.573 e. The molecule has 1 aliphatic heterocycles. The fraction of sp³-hybridized carbons (Fsp3) is 0.0556. The molecule has 2 aromatic heterocycles. The van der Waals surface area contributed by atoms with Crippen LogP contribution >= 0.6 is 11.8 Å². The van der Waals surface area contributed by atoms with Gasteiger partial charge in [-0.2, -0.15) is 0 Å². The van der Waals surface area contributed by atoms with Gasteiger partial charge in [0.25, 0.3) is 11.1 Å². The molecule has 0 atom stereocenters. The van der Waals surface area contributed by atoms with Crippen molar-refractivity contribution in [2.24, 2.45) is 0 Å². The van der Waals surface area contributed by atoms with Crippen LogP contribution in [0.4, 0.5) is 18.0 Å².